The van der Waals surface area contributed by atoms with Crippen molar-refractivity contribution in [3.05, 3.63) is 69.9 Å². The van der Waals surface area contributed by atoms with Crippen LogP contribution in [0, 0.1) is 0 Å². The van der Waals surface area contributed by atoms with Crippen LogP contribution in [0.5, 0.6) is 0 Å². The molecule has 0 aliphatic carbocycles. The molecule has 0 bridgehead atoms. The van der Waals surface area contributed by atoms with E-state index in [4.69, 9.17) is 11.6 Å². The first-order valence-electron chi connectivity index (χ1n) is 7.77. The number of anilines is 1. The number of rotatable bonds is 4. The number of amides is 1. The number of carbonyl (C=O) groups is 1. The number of thiophene rings is 1. The summed E-state index contributed by atoms with van der Waals surface area (Å²) in [6.45, 7) is 0. The van der Waals surface area contributed by atoms with Crippen LogP contribution in [0.15, 0.2) is 60.7 Å². The summed E-state index contributed by atoms with van der Waals surface area (Å²) < 4.78 is 0.686. The van der Waals surface area contributed by atoms with Gasteiger partial charge in [-0.1, -0.05) is 35.9 Å². The van der Waals surface area contributed by atoms with Crippen LogP contribution >= 0.6 is 22.9 Å². The summed E-state index contributed by atoms with van der Waals surface area (Å²) >= 11 is 7.34. The average Bonchev–Trinajstić information content (AvgIpc) is 3.21. The average molecular weight is 368 g/mol. The van der Waals surface area contributed by atoms with Crippen molar-refractivity contribution in [3.8, 4) is 11.4 Å². The molecule has 4 aromatic rings. The minimum atomic E-state index is -0.0814. The molecule has 1 amide bonds. The summed E-state index contributed by atoms with van der Waals surface area (Å²) in [7, 11) is 0. The Morgan fingerprint density at radius 3 is 2.68 bits per heavy atom. The molecule has 0 spiro atoms. The van der Waals surface area contributed by atoms with E-state index in [1.807, 2.05) is 54.6 Å². The Bertz CT molecular complexity index is 1020. The molecule has 0 aliphatic heterocycles. The molecule has 6 heteroatoms. The van der Waals surface area contributed by atoms with Crippen molar-refractivity contribution in [1.29, 1.82) is 0 Å². The molecule has 124 valence electrons. The van der Waals surface area contributed by atoms with E-state index in [-0.39, 0.29) is 5.91 Å². The van der Waals surface area contributed by atoms with Gasteiger partial charge in [0.1, 0.15) is 5.82 Å². The van der Waals surface area contributed by atoms with Crippen molar-refractivity contribution in [2.75, 3.05) is 5.32 Å². The molecule has 0 fully saturated rings. The Hall–Kier alpha value is -2.63. The highest BCUT2D eigenvalue weighted by molar-refractivity contribution is 7.16. The van der Waals surface area contributed by atoms with Gasteiger partial charge in [-0.3, -0.25) is 4.79 Å². The van der Waals surface area contributed by atoms with Gasteiger partial charge < -0.3 is 10.3 Å². The first kappa shape index (κ1) is 15.9. The molecule has 0 saturated heterocycles. The number of hydrogen-bond acceptors (Lipinski definition) is 3. The van der Waals surface area contributed by atoms with Crippen LogP contribution < -0.4 is 5.32 Å². The second-order valence-electron chi connectivity index (χ2n) is 5.58. The SMILES string of the molecule is O=C(Cc1ccc(Cl)s1)Nc1ccccc1-c1nc2ccccc2[nH]1. The maximum Gasteiger partial charge on any atom is 0.229 e. The van der Waals surface area contributed by atoms with Gasteiger partial charge in [0.15, 0.2) is 0 Å². The first-order chi connectivity index (χ1) is 12.2. The van der Waals surface area contributed by atoms with Gasteiger partial charge in [0.05, 0.1) is 27.5 Å². The van der Waals surface area contributed by atoms with Crippen molar-refractivity contribution in [1.82, 2.24) is 9.97 Å². The van der Waals surface area contributed by atoms with Crippen LogP contribution in [0.3, 0.4) is 0 Å². The smallest absolute Gasteiger partial charge is 0.229 e. The molecule has 4 nitrogen and oxygen atoms in total. The largest absolute Gasteiger partial charge is 0.338 e. The van der Waals surface area contributed by atoms with E-state index >= 15 is 0 Å². The van der Waals surface area contributed by atoms with Crippen LogP contribution in [0.25, 0.3) is 22.4 Å². The van der Waals surface area contributed by atoms with Gasteiger partial charge in [-0.15, -0.1) is 11.3 Å². The number of H-pyrrole nitrogens is 1. The Kier molecular flexibility index (Phi) is 4.26. The number of carbonyl (C=O) groups excluding carboxylic acids is 1. The van der Waals surface area contributed by atoms with Gasteiger partial charge in [-0.05, 0) is 36.4 Å². The third kappa shape index (κ3) is 3.43. The minimum Gasteiger partial charge on any atom is -0.338 e. The Morgan fingerprint density at radius 1 is 1.08 bits per heavy atom. The molecule has 2 heterocycles. The number of aromatic nitrogens is 2. The Balaban J connectivity index is 1.61. The third-order valence-corrected chi connectivity index (χ3v) is 5.04. The number of imidazole rings is 1. The second kappa shape index (κ2) is 6.70. The maximum absolute atomic E-state index is 12.4. The molecule has 4 rings (SSSR count). The zero-order valence-electron chi connectivity index (χ0n) is 13.1. The normalized spacial score (nSPS) is 10.9. The third-order valence-electron chi connectivity index (χ3n) is 3.81. The second-order valence-corrected chi connectivity index (χ2v) is 7.38. The molecule has 0 unspecified atom stereocenters. The van der Waals surface area contributed by atoms with Crippen molar-refractivity contribution in [2.24, 2.45) is 0 Å². The molecule has 0 radical (unpaired) electrons. The first-order valence-corrected chi connectivity index (χ1v) is 8.97. The lowest BCUT2D eigenvalue weighted by Gasteiger charge is -2.09. The summed E-state index contributed by atoms with van der Waals surface area (Å²) in [5, 5.41) is 2.98. The number of halogens is 1. The number of nitrogens with one attached hydrogen (secondary N) is 2. The van der Waals surface area contributed by atoms with Gasteiger partial charge in [0.25, 0.3) is 0 Å². The van der Waals surface area contributed by atoms with Crippen molar-refractivity contribution < 1.29 is 4.79 Å². The monoisotopic (exact) mass is 367 g/mol. The predicted molar refractivity (Wildman–Crippen MR) is 103 cm³/mol. The lowest BCUT2D eigenvalue weighted by Crippen LogP contribution is -2.14. The lowest BCUT2D eigenvalue weighted by atomic mass is 10.1. The van der Waals surface area contributed by atoms with Crippen LogP contribution in [0.2, 0.25) is 4.34 Å². The summed E-state index contributed by atoms with van der Waals surface area (Å²) in [6, 6.07) is 19.2. The predicted octanol–water partition coefficient (Wildman–Crippen LogP) is 5.13. The van der Waals surface area contributed by atoms with Crippen molar-refractivity contribution in [3.63, 3.8) is 0 Å². The number of nitrogens with zero attached hydrogens (tertiary/aromatic N) is 1. The highest BCUT2D eigenvalue weighted by Gasteiger charge is 2.12. The highest BCUT2D eigenvalue weighted by Crippen LogP contribution is 2.28. The molecule has 2 N–H and O–H groups in total. The summed E-state index contributed by atoms with van der Waals surface area (Å²) in [5.41, 5.74) is 3.45. The van der Waals surface area contributed by atoms with Crippen LogP contribution in [0.4, 0.5) is 5.69 Å². The van der Waals surface area contributed by atoms with Crippen molar-refractivity contribution in [2.45, 2.75) is 6.42 Å². The van der Waals surface area contributed by atoms with E-state index < -0.39 is 0 Å². The van der Waals surface area contributed by atoms with E-state index in [0.717, 1.165) is 33.0 Å². The zero-order valence-corrected chi connectivity index (χ0v) is 14.7. The molecule has 0 saturated carbocycles. The van der Waals surface area contributed by atoms with Crippen LogP contribution in [0.1, 0.15) is 4.88 Å². The van der Waals surface area contributed by atoms with Crippen molar-refractivity contribution >= 4 is 45.6 Å². The Morgan fingerprint density at radius 2 is 1.88 bits per heavy atom. The molecular weight excluding hydrogens is 354 g/mol. The Labute approximate surface area is 153 Å². The fraction of sp³-hybridized carbons (Fsp3) is 0.0526. The topological polar surface area (TPSA) is 57.8 Å². The maximum atomic E-state index is 12.4. The quantitative estimate of drug-likeness (QED) is 0.525. The van der Waals surface area contributed by atoms with Gasteiger partial charge in [-0.2, -0.15) is 0 Å². The van der Waals surface area contributed by atoms with Crippen LogP contribution in [-0.4, -0.2) is 15.9 Å². The number of benzene rings is 2. The molecular formula is C19H14ClN3OS. The van der Waals surface area contributed by atoms with E-state index in [9.17, 15) is 4.79 Å². The fourth-order valence-corrected chi connectivity index (χ4v) is 3.76. The van der Waals surface area contributed by atoms with Gasteiger partial charge in [0.2, 0.25) is 5.91 Å². The number of para-hydroxylation sites is 3. The van der Waals surface area contributed by atoms with Gasteiger partial charge in [0, 0.05) is 10.4 Å². The van der Waals surface area contributed by atoms with E-state index in [0.29, 0.717) is 10.8 Å². The van der Waals surface area contributed by atoms with Crippen LogP contribution in [-0.2, 0) is 11.2 Å². The standard InChI is InChI=1S/C19H14ClN3OS/c20-17-10-9-12(25-17)11-18(24)21-14-6-2-1-5-13(14)19-22-15-7-3-4-8-16(15)23-19/h1-10H,11H2,(H,21,24)(H,22,23). The molecule has 2 aromatic carbocycles. The number of aromatic amines is 1. The zero-order chi connectivity index (χ0) is 17.2. The fourth-order valence-electron chi connectivity index (χ4n) is 2.68. The number of hydrogen-bond donors (Lipinski definition) is 2. The lowest BCUT2D eigenvalue weighted by molar-refractivity contribution is -0.115. The molecule has 0 aliphatic rings. The van der Waals surface area contributed by atoms with Gasteiger partial charge >= 0.3 is 0 Å². The number of fused-ring (bicyclic) bond motifs is 1. The summed E-state index contributed by atoms with van der Waals surface area (Å²) in [4.78, 5) is 21.2. The van der Waals surface area contributed by atoms with E-state index in [1.165, 1.54) is 11.3 Å². The molecule has 2 aromatic heterocycles. The molecule has 0 atom stereocenters. The molecule has 25 heavy (non-hydrogen) atoms. The summed E-state index contributed by atoms with van der Waals surface area (Å²) in [5.74, 6) is 0.651. The van der Waals surface area contributed by atoms with E-state index in [1.54, 1.807) is 6.07 Å². The highest BCUT2D eigenvalue weighted by atomic mass is 35.5. The summed E-state index contributed by atoms with van der Waals surface area (Å²) in [6.07, 6.45) is 0.297. The minimum absolute atomic E-state index is 0.0814. The van der Waals surface area contributed by atoms with Gasteiger partial charge in [-0.25, -0.2) is 4.98 Å². The van der Waals surface area contributed by atoms with E-state index in [2.05, 4.69) is 15.3 Å².